The summed E-state index contributed by atoms with van der Waals surface area (Å²) in [5.41, 5.74) is 6.74. The smallest absolute Gasteiger partial charge is 0.222 e. The SMILES string of the molecule is COc1ccc(/C=N/Nc2nc3ccccc3[nH]2)cc1OCc1ccccc1. The van der Waals surface area contributed by atoms with Crippen LogP contribution in [0.2, 0.25) is 0 Å². The van der Waals surface area contributed by atoms with Gasteiger partial charge in [-0.2, -0.15) is 5.10 Å². The molecule has 0 fully saturated rings. The van der Waals surface area contributed by atoms with E-state index in [1.807, 2.05) is 72.8 Å². The van der Waals surface area contributed by atoms with Crippen molar-refractivity contribution in [2.45, 2.75) is 6.61 Å². The van der Waals surface area contributed by atoms with Crippen molar-refractivity contribution in [1.82, 2.24) is 9.97 Å². The second-order valence-corrected chi connectivity index (χ2v) is 6.16. The van der Waals surface area contributed by atoms with Crippen molar-refractivity contribution in [2.75, 3.05) is 12.5 Å². The number of aromatic nitrogens is 2. The molecule has 1 aromatic heterocycles. The third-order valence-electron chi connectivity index (χ3n) is 4.20. The van der Waals surface area contributed by atoms with E-state index in [9.17, 15) is 0 Å². The Kier molecular flexibility index (Phi) is 5.20. The summed E-state index contributed by atoms with van der Waals surface area (Å²) in [4.78, 5) is 7.60. The average molecular weight is 372 g/mol. The van der Waals surface area contributed by atoms with E-state index in [1.54, 1.807) is 13.3 Å². The highest BCUT2D eigenvalue weighted by Crippen LogP contribution is 2.28. The molecular weight excluding hydrogens is 352 g/mol. The number of fused-ring (bicyclic) bond motifs is 1. The van der Waals surface area contributed by atoms with E-state index in [0.717, 1.165) is 22.2 Å². The highest BCUT2D eigenvalue weighted by atomic mass is 16.5. The second-order valence-electron chi connectivity index (χ2n) is 6.16. The molecule has 2 N–H and O–H groups in total. The van der Waals surface area contributed by atoms with Gasteiger partial charge in [0.25, 0.3) is 0 Å². The predicted molar refractivity (Wildman–Crippen MR) is 111 cm³/mol. The van der Waals surface area contributed by atoms with Crippen LogP contribution in [0.15, 0.2) is 77.9 Å². The summed E-state index contributed by atoms with van der Waals surface area (Å²) in [6, 6.07) is 23.5. The molecular formula is C22H20N4O2. The predicted octanol–water partition coefficient (Wildman–Crippen LogP) is 4.60. The van der Waals surface area contributed by atoms with Crippen molar-refractivity contribution in [3.8, 4) is 11.5 Å². The van der Waals surface area contributed by atoms with E-state index < -0.39 is 0 Å². The van der Waals surface area contributed by atoms with Gasteiger partial charge in [-0.15, -0.1) is 0 Å². The van der Waals surface area contributed by atoms with Crippen LogP contribution in [-0.4, -0.2) is 23.3 Å². The molecule has 4 aromatic rings. The second kappa shape index (κ2) is 8.26. The van der Waals surface area contributed by atoms with Gasteiger partial charge in [-0.05, 0) is 41.5 Å². The molecule has 140 valence electrons. The standard InChI is InChI=1S/C22H20N4O2/c1-27-20-12-11-17(13-21(20)28-15-16-7-3-2-4-8-16)14-23-26-22-24-18-9-5-6-10-19(18)25-22/h2-14H,15H2,1H3,(H2,24,25,26)/b23-14+. The first kappa shape index (κ1) is 17.6. The van der Waals surface area contributed by atoms with Crippen LogP contribution in [-0.2, 0) is 6.61 Å². The number of hydrazone groups is 1. The molecule has 0 atom stereocenters. The lowest BCUT2D eigenvalue weighted by atomic mass is 10.2. The summed E-state index contributed by atoms with van der Waals surface area (Å²) in [5.74, 6) is 1.93. The number of hydrogen-bond donors (Lipinski definition) is 2. The highest BCUT2D eigenvalue weighted by Gasteiger charge is 2.06. The zero-order valence-corrected chi connectivity index (χ0v) is 15.4. The summed E-state index contributed by atoms with van der Waals surface area (Å²) < 4.78 is 11.3. The normalized spacial score (nSPS) is 11.0. The van der Waals surface area contributed by atoms with Crippen LogP contribution >= 0.6 is 0 Å². The molecule has 0 radical (unpaired) electrons. The summed E-state index contributed by atoms with van der Waals surface area (Å²) in [6.07, 6.45) is 1.71. The Hall–Kier alpha value is -3.80. The van der Waals surface area contributed by atoms with E-state index >= 15 is 0 Å². The molecule has 0 aliphatic carbocycles. The lowest BCUT2D eigenvalue weighted by Gasteiger charge is -2.11. The van der Waals surface area contributed by atoms with Crippen LogP contribution in [0, 0.1) is 0 Å². The van der Waals surface area contributed by atoms with Gasteiger partial charge in [0.2, 0.25) is 5.95 Å². The van der Waals surface area contributed by atoms with Gasteiger partial charge in [-0.25, -0.2) is 10.4 Å². The van der Waals surface area contributed by atoms with E-state index in [4.69, 9.17) is 9.47 Å². The first-order valence-electron chi connectivity index (χ1n) is 8.90. The molecule has 28 heavy (non-hydrogen) atoms. The number of aromatic amines is 1. The first-order chi connectivity index (χ1) is 13.8. The molecule has 6 heteroatoms. The van der Waals surface area contributed by atoms with E-state index in [-0.39, 0.29) is 0 Å². The number of nitrogens with zero attached hydrogens (tertiary/aromatic N) is 2. The molecule has 0 aliphatic rings. The zero-order valence-electron chi connectivity index (χ0n) is 15.4. The van der Waals surface area contributed by atoms with Gasteiger partial charge in [0.05, 0.1) is 24.4 Å². The number of hydrogen-bond acceptors (Lipinski definition) is 5. The number of imidazole rings is 1. The maximum Gasteiger partial charge on any atom is 0.222 e. The van der Waals surface area contributed by atoms with E-state index in [2.05, 4.69) is 20.5 Å². The van der Waals surface area contributed by atoms with Gasteiger partial charge < -0.3 is 14.5 Å². The minimum Gasteiger partial charge on any atom is -0.493 e. The topological polar surface area (TPSA) is 71.5 Å². The summed E-state index contributed by atoms with van der Waals surface area (Å²) >= 11 is 0. The fourth-order valence-corrected chi connectivity index (χ4v) is 2.80. The van der Waals surface area contributed by atoms with Gasteiger partial charge in [0.15, 0.2) is 11.5 Å². The van der Waals surface area contributed by atoms with Crippen LogP contribution in [0.3, 0.4) is 0 Å². The number of nitrogens with one attached hydrogen (secondary N) is 2. The largest absolute Gasteiger partial charge is 0.493 e. The minimum absolute atomic E-state index is 0.467. The average Bonchev–Trinajstić information content (AvgIpc) is 3.16. The van der Waals surface area contributed by atoms with Gasteiger partial charge in [0, 0.05) is 0 Å². The number of H-pyrrole nitrogens is 1. The van der Waals surface area contributed by atoms with Crippen LogP contribution in [0.5, 0.6) is 11.5 Å². The summed E-state index contributed by atoms with van der Waals surface area (Å²) in [6.45, 7) is 0.467. The first-order valence-corrected chi connectivity index (χ1v) is 8.90. The van der Waals surface area contributed by atoms with Crippen molar-refractivity contribution < 1.29 is 9.47 Å². The maximum atomic E-state index is 5.93. The Labute approximate surface area is 162 Å². The molecule has 0 bridgehead atoms. The van der Waals surface area contributed by atoms with E-state index in [0.29, 0.717) is 24.1 Å². The lowest BCUT2D eigenvalue weighted by Crippen LogP contribution is -1.99. The fourth-order valence-electron chi connectivity index (χ4n) is 2.80. The molecule has 0 amide bonds. The number of anilines is 1. The third-order valence-corrected chi connectivity index (χ3v) is 4.20. The Morgan fingerprint density at radius 1 is 1.00 bits per heavy atom. The van der Waals surface area contributed by atoms with Crippen molar-refractivity contribution >= 4 is 23.2 Å². The summed E-state index contributed by atoms with van der Waals surface area (Å²) in [5, 5.41) is 4.26. The molecule has 1 heterocycles. The number of ether oxygens (including phenoxy) is 2. The Bertz CT molecular complexity index is 1060. The quantitative estimate of drug-likeness (QED) is 0.367. The molecule has 6 nitrogen and oxygen atoms in total. The van der Waals surface area contributed by atoms with Gasteiger partial charge in [-0.1, -0.05) is 42.5 Å². The maximum absolute atomic E-state index is 5.93. The number of rotatable bonds is 7. The highest BCUT2D eigenvalue weighted by molar-refractivity contribution is 5.82. The Balaban J connectivity index is 1.45. The molecule has 0 saturated heterocycles. The number of methoxy groups -OCH3 is 1. The van der Waals surface area contributed by atoms with Crippen LogP contribution in [0.4, 0.5) is 5.95 Å². The Morgan fingerprint density at radius 2 is 1.82 bits per heavy atom. The van der Waals surface area contributed by atoms with Crippen molar-refractivity contribution in [2.24, 2.45) is 5.10 Å². The fraction of sp³-hybridized carbons (Fsp3) is 0.0909. The van der Waals surface area contributed by atoms with Gasteiger partial charge >= 0.3 is 0 Å². The van der Waals surface area contributed by atoms with Crippen molar-refractivity contribution in [3.05, 3.63) is 83.9 Å². The molecule has 0 spiro atoms. The van der Waals surface area contributed by atoms with Gasteiger partial charge in [-0.3, -0.25) is 0 Å². The van der Waals surface area contributed by atoms with Crippen LogP contribution in [0.25, 0.3) is 11.0 Å². The molecule has 0 aliphatic heterocycles. The molecule has 0 saturated carbocycles. The minimum atomic E-state index is 0.467. The lowest BCUT2D eigenvalue weighted by molar-refractivity contribution is 0.284. The van der Waals surface area contributed by atoms with E-state index in [1.165, 1.54) is 0 Å². The Morgan fingerprint density at radius 3 is 2.64 bits per heavy atom. The monoisotopic (exact) mass is 372 g/mol. The zero-order chi connectivity index (χ0) is 19.2. The van der Waals surface area contributed by atoms with Crippen molar-refractivity contribution in [3.63, 3.8) is 0 Å². The molecule has 4 rings (SSSR count). The molecule has 3 aromatic carbocycles. The van der Waals surface area contributed by atoms with Crippen LogP contribution < -0.4 is 14.9 Å². The third kappa shape index (κ3) is 4.12. The van der Waals surface area contributed by atoms with Crippen LogP contribution in [0.1, 0.15) is 11.1 Å². The number of benzene rings is 3. The number of para-hydroxylation sites is 2. The summed E-state index contributed by atoms with van der Waals surface area (Å²) in [7, 11) is 1.63. The van der Waals surface area contributed by atoms with Crippen molar-refractivity contribution in [1.29, 1.82) is 0 Å². The van der Waals surface area contributed by atoms with Gasteiger partial charge in [0.1, 0.15) is 6.61 Å². The molecule has 0 unspecified atom stereocenters.